The van der Waals surface area contributed by atoms with Crippen LogP contribution in [0.1, 0.15) is 10.4 Å². The van der Waals surface area contributed by atoms with E-state index in [-0.39, 0.29) is 11.1 Å². The number of aromatic nitrogens is 4. The Labute approximate surface area is 118 Å². The summed E-state index contributed by atoms with van der Waals surface area (Å²) in [6, 6.07) is 6.38. The van der Waals surface area contributed by atoms with Gasteiger partial charge in [-0.1, -0.05) is 6.07 Å². The maximum absolute atomic E-state index is 12.3. The minimum atomic E-state index is -1.07. The van der Waals surface area contributed by atoms with E-state index in [4.69, 9.17) is 5.11 Å². The van der Waals surface area contributed by atoms with Crippen molar-refractivity contribution in [1.82, 2.24) is 19.7 Å². The number of rotatable bonds is 3. The number of hydrogen-bond acceptors (Lipinski definition) is 4. The Bertz CT molecular complexity index is 835. The normalized spacial score (nSPS) is 10.5. The SMILES string of the molecule is O=C(O)c1ccc(-n2[nH]cc(-c3cccnc3)c2=O)nc1. The number of nitrogens with zero attached hydrogens (tertiary/aromatic N) is 3. The largest absolute Gasteiger partial charge is 0.478 e. The lowest BCUT2D eigenvalue weighted by Gasteiger charge is -2.00. The third kappa shape index (κ3) is 2.32. The Hall–Kier alpha value is -3.22. The maximum Gasteiger partial charge on any atom is 0.337 e. The van der Waals surface area contributed by atoms with Crippen molar-refractivity contribution in [2.45, 2.75) is 0 Å². The van der Waals surface area contributed by atoms with Crippen molar-refractivity contribution < 1.29 is 9.90 Å². The van der Waals surface area contributed by atoms with Gasteiger partial charge in [-0.3, -0.25) is 14.9 Å². The smallest absolute Gasteiger partial charge is 0.337 e. The van der Waals surface area contributed by atoms with E-state index in [1.807, 2.05) is 0 Å². The van der Waals surface area contributed by atoms with Crippen molar-refractivity contribution in [2.75, 3.05) is 0 Å². The van der Waals surface area contributed by atoms with E-state index in [2.05, 4.69) is 15.1 Å². The zero-order chi connectivity index (χ0) is 14.8. The van der Waals surface area contributed by atoms with E-state index < -0.39 is 5.97 Å². The number of aromatic carboxylic acids is 1. The van der Waals surface area contributed by atoms with Crippen LogP contribution in [0.15, 0.2) is 53.8 Å². The van der Waals surface area contributed by atoms with Gasteiger partial charge in [0, 0.05) is 30.4 Å². The highest BCUT2D eigenvalue weighted by Crippen LogP contribution is 2.13. The molecule has 3 rings (SSSR count). The fraction of sp³-hybridized carbons (Fsp3) is 0. The van der Waals surface area contributed by atoms with Gasteiger partial charge in [0.1, 0.15) is 0 Å². The van der Waals surface area contributed by atoms with Gasteiger partial charge >= 0.3 is 5.97 Å². The third-order valence-corrected chi connectivity index (χ3v) is 2.97. The lowest BCUT2D eigenvalue weighted by molar-refractivity contribution is 0.0696. The number of nitrogens with one attached hydrogen (secondary N) is 1. The predicted octanol–water partition coefficient (Wildman–Crippen LogP) is 1.32. The first kappa shape index (κ1) is 12.8. The van der Waals surface area contributed by atoms with Crippen LogP contribution in [0.2, 0.25) is 0 Å². The highest BCUT2D eigenvalue weighted by molar-refractivity contribution is 5.87. The van der Waals surface area contributed by atoms with Gasteiger partial charge in [0.25, 0.3) is 5.56 Å². The maximum atomic E-state index is 12.3. The molecule has 0 unspecified atom stereocenters. The van der Waals surface area contributed by atoms with Crippen LogP contribution in [0.4, 0.5) is 0 Å². The van der Waals surface area contributed by atoms with E-state index in [0.717, 1.165) is 0 Å². The monoisotopic (exact) mass is 282 g/mol. The molecule has 0 aliphatic heterocycles. The zero-order valence-electron chi connectivity index (χ0n) is 10.7. The first-order chi connectivity index (χ1) is 10.2. The van der Waals surface area contributed by atoms with Crippen LogP contribution in [-0.2, 0) is 0 Å². The second-order valence-electron chi connectivity index (χ2n) is 4.28. The van der Waals surface area contributed by atoms with Crippen molar-refractivity contribution >= 4 is 5.97 Å². The van der Waals surface area contributed by atoms with Crippen LogP contribution in [-0.4, -0.2) is 30.8 Å². The molecule has 0 aliphatic carbocycles. The van der Waals surface area contributed by atoms with Crippen molar-refractivity contribution in [3.05, 3.63) is 65.0 Å². The molecule has 0 atom stereocenters. The van der Waals surface area contributed by atoms with E-state index in [1.54, 1.807) is 30.7 Å². The van der Waals surface area contributed by atoms with Crippen molar-refractivity contribution in [1.29, 1.82) is 0 Å². The number of H-pyrrole nitrogens is 1. The lowest BCUT2D eigenvalue weighted by Crippen LogP contribution is -2.17. The van der Waals surface area contributed by atoms with E-state index >= 15 is 0 Å². The number of carboxylic acids is 1. The van der Waals surface area contributed by atoms with Crippen LogP contribution >= 0.6 is 0 Å². The molecule has 0 amide bonds. The Balaban J connectivity index is 2.03. The van der Waals surface area contributed by atoms with Crippen molar-refractivity contribution in [2.24, 2.45) is 0 Å². The van der Waals surface area contributed by atoms with Crippen molar-refractivity contribution in [3.63, 3.8) is 0 Å². The summed E-state index contributed by atoms with van der Waals surface area (Å²) >= 11 is 0. The molecular weight excluding hydrogens is 272 g/mol. The molecule has 0 spiro atoms. The first-order valence-corrected chi connectivity index (χ1v) is 6.07. The average Bonchev–Trinajstić information content (AvgIpc) is 2.90. The molecule has 0 bridgehead atoms. The topological polar surface area (TPSA) is 101 Å². The molecule has 0 radical (unpaired) electrons. The highest BCUT2D eigenvalue weighted by Gasteiger charge is 2.11. The molecular formula is C14H10N4O3. The lowest BCUT2D eigenvalue weighted by atomic mass is 10.2. The van der Waals surface area contributed by atoms with Crippen molar-refractivity contribution in [3.8, 4) is 16.9 Å². The Morgan fingerprint density at radius 2 is 2.10 bits per heavy atom. The summed E-state index contributed by atoms with van der Waals surface area (Å²) in [7, 11) is 0. The summed E-state index contributed by atoms with van der Waals surface area (Å²) in [5, 5.41) is 11.6. The Morgan fingerprint density at radius 1 is 1.24 bits per heavy atom. The molecule has 0 saturated carbocycles. The van der Waals surface area contributed by atoms with Gasteiger partial charge < -0.3 is 5.11 Å². The van der Waals surface area contributed by atoms with Gasteiger partial charge in [0.05, 0.1) is 11.1 Å². The van der Waals surface area contributed by atoms with Gasteiger partial charge in [-0.2, -0.15) is 0 Å². The Kier molecular flexibility index (Phi) is 3.07. The minimum absolute atomic E-state index is 0.0610. The van der Waals surface area contributed by atoms with Gasteiger partial charge in [-0.05, 0) is 18.2 Å². The van der Waals surface area contributed by atoms with E-state index in [1.165, 1.54) is 23.0 Å². The first-order valence-electron chi connectivity index (χ1n) is 6.07. The molecule has 0 aliphatic rings. The van der Waals surface area contributed by atoms with Gasteiger partial charge in [-0.15, -0.1) is 0 Å². The second kappa shape index (κ2) is 5.04. The summed E-state index contributed by atoms with van der Waals surface area (Å²) in [4.78, 5) is 31.1. The van der Waals surface area contributed by atoms with E-state index in [9.17, 15) is 9.59 Å². The van der Waals surface area contributed by atoms with Gasteiger partial charge in [0.15, 0.2) is 5.82 Å². The minimum Gasteiger partial charge on any atom is -0.478 e. The quantitative estimate of drug-likeness (QED) is 0.754. The molecule has 3 aromatic heterocycles. The summed E-state index contributed by atoms with van der Waals surface area (Å²) in [5.41, 5.74) is 0.941. The van der Waals surface area contributed by atoms with Crippen LogP contribution in [0, 0.1) is 0 Å². The van der Waals surface area contributed by atoms with Crippen LogP contribution in [0.25, 0.3) is 16.9 Å². The third-order valence-electron chi connectivity index (χ3n) is 2.97. The fourth-order valence-corrected chi connectivity index (χ4v) is 1.91. The molecule has 7 heteroatoms. The second-order valence-corrected chi connectivity index (χ2v) is 4.28. The van der Waals surface area contributed by atoms with Gasteiger partial charge in [0.2, 0.25) is 0 Å². The molecule has 2 N–H and O–H groups in total. The predicted molar refractivity (Wildman–Crippen MR) is 74.4 cm³/mol. The number of carboxylic acid groups (broad SMARTS) is 1. The molecule has 104 valence electrons. The van der Waals surface area contributed by atoms with Crippen LogP contribution < -0.4 is 5.56 Å². The van der Waals surface area contributed by atoms with E-state index in [0.29, 0.717) is 16.9 Å². The number of aromatic amines is 1. The molecule has 0 fully saturated rings. The zero-order valence-corrected chi connectivity index (χ0v) is 10.7. The van der Waals surface area contributed by atoms with Crippen LogP contribution in [0.3, 0.4) is 0 Å². The summed E-state index contributed by atoms with van der Waals surface area (Å²) in [6.07, 6.45) is 5.98. The molecule has 7 nitrogen and oxygen atoms in total. The summed E-state index contributed by atoms with van der Waals surface area (Å²) in [5.74, 6) is -0.746. The number of carbonyl (C=O) groups is 1. The average molecular weight is 282 g/mol. The van der Waals surface area contributed by atoms with Crippen LogP contribution in [0.5, 0.6) is 0 Å². The molecule has 3 aromatic rings. The molecule has 21 heavy (non-hydrogen) atoms. The molecule has 0 aromatic carbocycles. The number of hydrogen-bond donors (Lipinski definition) is 2. The summed E-state index contributed by atoms with van der Waals surface area (Å²) < 4.78 is 1.24. The standard InChI is InChI=1S/C14H10N4O3/c19-13-11(9-2-1-5-15-6-9)8-17-18(13)12-4-3-10(7-16-12)14(20)21/h1-8,17H,(H,20,21). The number of pyridine rings is 2. The Morgan fingerprint density at radius 3 is 2.71 bits per heavy atom. The molecule has 3 heterocycles. The van der Waals surface area contributed by atoms with Gasteiger partial charge in [-0.25, -0.2) is 14.5 Å². The highest BCUT2D eigenvalue weighted by atomic mass is 16.4. The summed E-state index contributed by atoms with van der Waals surface area (Å²) in [6.45, 7) is 0. The fourth-order valence-electron chi connectivity index (χ4n) is 1.91. The molecule has 0 saturated heterocycles.